The second-order valence-corrected chi connectivity index (χ2v) is 9.10. The standard InChI is InChI=1S/C25H19BrClN3O3/c1-33-13-16-12-15(4-11-20(16)31)24-21-22(14-2-5-17(26)6-3-14)28-29-23(21)25(32)30(24)19-9-7-18(27)8-10-19/h2-12,24,31H,13H2,1H3,(H,28,29). The molecule has 33 heavy (non-hydrogen) atoms. The van der Waals surface area contributed by atoms with Gasteiger partial charge in [0.25, 0.3) is 5.91 Å². The fourth-order valence-corrected chi connectivity index (χ4v) is 4.60. The van der Waals surface area contributed by atoms with E-state index in [1.165, 1.54) is 0 Å². The molecule has 1 aliphatic heterocycles. The summed E-state index contributed by atoms with van der Waals surface area (Å²) in [6, 6.07) is 19.8. The van der Waals surface area contributed by atoms with Gasteiger partial charge in [-0.3, -0.25) is 14.8 Å². The summed E-state index contributed by atoms with van der Waals surface area (Å²) in [4.78, 5) is 15.3. The molecular weight excluding hydrogens is 506 g/mol. The van der Waals surface area contributed by atoms with Gasteiger partial charge in [0.1, 0.15) is 11.4 Å². The molecule has 5 rings (SSSR count). The highest BCUT2D eigenvalue weighted by Crippen LogP contribution is 2.45. The minimum Gasteiger partial charge on any atom is -0.508 e. The van der Waals surface area contributed by atoms with Crippen LogP contribution in [-0.2, 0) is 11.3 Å². The van der Waals surface area contributed by atoms with Crippen molar-refractivity contribution >= 4 is 39.1 Å². The van der Waals surface area contributed by atoms with Crippen molar-refractivity contribution in [2.45, 2.75) is 12.6 Å². The quantitative estimate of drug-likeness (QED) is 0.331. The maximum Gasteiger partial charge on any atom is 0.277 e. The number of halogens is 2. The van der Waals surface area contributed by atoms with Crippen LogP contribution in [0.25, 0.3) is 11.3 Å². The number of amides is 1. The zero-order valence-electron chi connectivity index (χ0n) is 17.5. The lowest BCUT2D eigenvalue weighted by Crippen LogP contribution is -2.29. The Hall–Kier alpha value is -3.13. The SMILES string of the molecule is COCc1cc(C2c3c(-c4ccc(Br)cc4)n[nH]c3C(=O)N2c2ccc(Cl)cc2)ccc1O. The summed E-state index contributed by atoms with van der Waals surface area (Å²) in [5.41, 5.74) is 5.00. The Balaban J connectivity index is 1.72. The molecule has 0 aliphatic carbocycles. The van der Waals surface area contributed by atoms with Gasteiger partial charge in [0, 0.05) is 39.0 Å². The predicted molar refractivity (Wildman–Crippen MR) is 131 cm³/mol. The number of phenolic OH excluding ortho intramolecular Hbond substituents is 1. The van der Waals surface area contributed by atoms with Gasteiger partial charge in [-0.25, -0.2) is 0 Å². The van der Waals surface area contributed by atoms with Crippen molar-refractivity contribution in [2.24, 2.45) is 0 Å². The van der Waals surface area contributed by atoms with Crippen molar-refractivity contribution in [2.75, 3.05) is 12.0 Å². The number of H-pyrrole nitrogens is 1. The molecule has 1 amide bonds. The first-order chi connectivity index (χ1) is 16.0. The van der Waals surface area contributed by atoms with Crippen LogP contribution in [-0.4, -0.2) is 28.3 Å². The van der Waals surface area contributed by atoms with E-state index in [1.807, 2.05) is 48.5 Å². The number of phenols is 1. The lowest BCUT2D eigenvalue weighted by Gasteiger charge is -2.27. The van der Waals surface area contributed by atoms with Gasteiger partial charge < -0.3 is 9.84 Å². The second-order valence-electron chi connectivity index (χ2n) is 7.74. The Kier molecular flexibility index (Phi) is 5.70. The van der Waals surface area contributed by atoms with E-state index in [-0.39, 0.29) is 18.3 Å². The van der Waals surface area contributed by atoms with Crippen molar-refractivity contribution in [1.82, 2.24) is 10.2 Å². The first kappa shape index (κ1) is 21.7. The normalized spacial score (nSPS) is 15.2. The first-order valence-electron chi connectivity index (χ1n) is 10.2. The highest BCUT2D eigenvalue weighted by atomic mass is 79.9. The molecule has 0 saturated heterocycles. The summed E-state index contributed by atoms with van der Waals surface area (Å²) in [6.07, 6.45) is 0. The molecule has 0 fully saturated rings. The number of carbonyl (C=O) groups excluding carboxylic acids is 1. The number of anilines is 1. The molecule has 2 N–H and O–H groups in total. The molecule has 1 aliphatic rings. The maximum absolute atomic E-state index is 13.6. The Morgan fingerprint density at radius 1 is 1.12 bits per heavy atom. The molecule has 1 unspecified atom stereocenters. The number of rotatable bonds is 5. The lowest BCUT2D eigenvalue weighted by atomic mass is 9.94. The third-order valence-electron chi connectivity index (χ3n) is 5.71. The molecule has 0 spiro atoms. The first-order valence-corrected chi connectivity index (χ1v) is 11.4. The Bertz CT molecular complexity index is 1340. The monoisotopic (exact) mass is 523 g/mol. The summed E-state index contributed by atoms with van der Waals surface area (Å²) < 4.78 is 6.21. The van der Waals surface area contributed by atoms with E-state index < -0.39 is 6.04 Å². The van der Waals surface area contributed by atoms with Crippen LogP contribution in [0.3, 0.4) is 0 Å². The summed E-state index contributed by atoms with van der Waals surface area (Å²) in [7, 11) is 1.57. The fourth-order valence-electron chi connectivity index (χ4n) is 4.20. The molecule has 8 heteroatoms. The van der Waals surface area contributed by atoms with Crippen LogP contribution in [0.4, 0.5) is 5.69 Å². The van der Waals surface area contributed by atoms with Gasteiger partial charge >= 0.3 is 0 Å². The van der Waals surface area contributed by atoms with Crippen molar-refractivity contribution in [3.05, 3.63) is 98.6 Å². The average molecular weight is 525 g/mol. The van der Waals surface area contributed by atoms with Crippen molar-refractivity contribution in [3.8, 4) is 17.0 Å². The van der Waals surface area contributed by atoms with E-state index >= 15 is 0 Å². The summed E-state index contributed by atoms with van der Waals surface area (Å²) in [5, 5.41) is 18.3. The summed E-state index contributed by atoms with van der Waals surface area (Å²) >= 11 is 9.57. The third-order valence-corrected chi connectivity index (χ3v) is 6.49. The van der Waals surface area contributed by atoms with Gasteiger partial charge in [0.05, 0.1) is 18.3 Å². The number of carbonyl (C=O) groups is 1. The number of nitrogens with zero attached hydrogens (tertiary/aromatic N) is 2. The topological polar surface area (TPSA) is 78.5 Å². The van der Waals surface area contributed by atoms with Gasteiger partial charge in [-0.05, 0) is 54.1 Å². The number of aromatic hydroxyl groups is 1. The molecule has 166 valence electrons. The van der Waals surface area contributed by atoms with Crippen LogP contribution < -0.4 is 4.90 Å². The zero-order valence-corrected chi connectivity index (χ0v) is 19.9. The van der Waals surface area contributed by atoms with Crippen LogP contribution in [0.2, 0.25) is 5.02 Å². The molecule has 1 atom stereocenters. The van der Waals surface area contributed by atoms with Gasteiger partial charge in [0.15, 0.2) is 0 Å². The van der Waals surface area contributed by atoms with E-state index in [4.69, 9.17) is 16.3 Å². The van der Waals surface area contributed by atoms with Crippen LogP contribution in [0.5, 0.6) is 5.75 Å². The van der Waals surface area contributed by atoms with Gasteiger partial charge in [-0.1, -0.05) is 45.7 Å². The molecule has 0 radical (unpaired) electrons. The summed E-state index contributed by atoms with van der Waals surface area (Å²) in [5.74, 6) is -0.0435. The highest BCUT2D eigenvalue weighted by Gasteiger charge is 2.43. The van der Waals surface area contributed by atoms with Crippen molar-refractivity contribution in [3.63, 3.8) is 0 Å². The largest absolute Gasteiger partial charge is 0.508 e. The minimum atomic E-state index is -0.456. The summed E-state index contributed by atoms with van der Waals surface area (Å²) in [6.45, 7) is 0.249. The molecule has 1 aromatic heterocycles. The lowest BCUT2D eigenvalue weighted by molar-refractivity contribution is 0.0989. The molecule has 0 bridgehead atoms. The number of nitrogens with one attached hydrogen (secondary N) is 1. The van der Waals surface area contributed by atoms with E-state index in [1.54, 1.807) is 30.2 Å². The van der Waals surface area contributed by atoms with Crippen LogP contribution in [0.15, 0.2) is 71.2 Å². The number of ether oxygens (including phenoxy) is 1. The highest BCUT2D eigenvalue weighted by molar-refractivity contribution is 9.10. The minimum absolute atomic E-state index is 0.142. The molecule has 4 aromatic rings. The van der Waals surface area contributed by atoms with Gasteiger partial charge in [-0.15, -0.1) is 0 Å². The Morgan fingerprint density at radius 2 is 1.85 bits per heavy atom. The number of hydrogen-bond donors (Lipinski definition) is 2. The number of hydrogen-bond acceptors (Lipinski definition) is 4. The molecule has 6 nitrogen and oxygen atoms in total. The number of fused-ring (bicyclic) bond motifs is 1. The Morgan fingerprint density at radius 3 is 2.55 bits per heavy atom. The molecule has 3 aromatic carbocycles. The fraction of sp³-hybridized carbons (Fsp3) is 0.120. The number of benzene rings is 3. The average Bonchev–Trinajstić information content (AvgIpc) is 3.36. The van der Waals surface area contributed by atoms with E-state index in [0.29, 0.717) is 27.7 Å². The van der Waals surface area contributed by atoms with Gasteiger partial charge in [0.2, 0.25) is 0 Å². The molecule has 2 heterocycles. The van der Waals surface area contributed by atoms with Gasteiger partial charge in [-0.2, -0.15) is 5.10 Å². The van der Waals surface area contributed by atoms with Crippen LogP contribution in [0.1, 0.15) is 33.2 Å². The third kappa shape index (κ3) is 3.82. The predicted octanol–water partition coefficient (Wildman–Crippen LogP) is 6.09. The second kappa shape index (κ2) is 8.67. The van der Waals surface area contributed by atoms with E-state index in [9.17, 15) is 9.90 Å². The number of methoxy groups -OCH3 is 1. The number of aromatic nitrogens is 2. The zero-order chi connectivity index (χ0) is 23.1. The Labute approximate surface area is 203 Å². The van der Waals surface area contributed by atoms with E-state index in [2.05, 4.69) is 26.1 Å². The smallest absolute Gasteiger partial charge is 0.277 e. The van der Waals surface area contributed by atoms with Crippen molar-refractivity contribution < 1.29 is 14.6 Å². The number of aromatic amines is 1. The van der Waals surface area contributed by atoms with Crippen molar-refractivity contribution in [1.29, 1.82) is 0 Å². The maximum atomic E-state index is 13.6. The molecule has 0 saturated carbocycles. The van der Waals surface area contributed by atoms with Crippen LogP contribution >= 0.6 is 27.5 Å². The van der Waals surface area contributed by atoms with Crippen LogP contribution in [0, 0.1) is 0 Å². The van der Waals surface area contributed by atoms with E-state index in [0.717, 1.165) is 21.2 Å². The molecular formula is C25H19BrClN3O3.